The van der Waals surface area contributed by atoms with E-state index in [2.05, 4.69) is 48.6 Å². The van der Waals surface area contributed by atoms with Crippen LogP contribution in [0, 0.1) is 0 Å². The summed E-state index contributed by atoms with van der Waals surface area (Å²) in [5, 5.41) is 2.70. The van der Waals surface area contributed by atoms with Crippen molar-refractivity contribution in [3.05, 3.63) is 47.5 Å². The van der Waals surface area contributed by atoms with Crippen LogP contribution >= 0.6 is 0 Å². The summed E-state index contributed by atoms with van der Waals surface area (Å²) in [5.41, 5.74) is 2.67. The molecule has 0 heteroatoms. The topological polar surface area (TPSA) is 0 Å². The van der Waals surface area contributed by atoms with Crippen molar-refractivity contribution in [2.24, 2.45) is 0 Å². The van der Waals surface area contributed by atoms with Gasteiger partial charge in [0.1, 0.15) is 0 Å². The fourth-order valence-electron chi connectivity index (χ4n) is 1.78. The number of hydrogen-bond acceptors (Lipinski definition) is 0. The maximum absolute atomic E-state index is 2.22. The van der Waals surface area contributed by atoms with E-state index in [1.54, 1.807) is 0 Å². The van der Waals surface area contributed by atoms with E-state index in [9.17, 15) is 0 Å². The van der Waals surface area contributed by atoms with Crippen LogP contribution in [-0.2, 0) is 0 Å². The highest BCUT2D eigenvalue weighted by atomic mass is 14.1. The molecule has 56 valence electrons. The quantitative estimate of drug-likeness (QED) is 0.463. The lowest BCUT2D eigenvalue weighted by Crippen LogP contribution is -1.75. The zero-order chi connectivity index (χ0) is 7.97. The van der Waals surface area contributed by atoms with Gasteiger partial charge in [0.25, 0.3) is 0 Å². The lowest BCUT2D eigenvalue weighted by atomic mass is 10.1. The molecule has 0 saturated carbocycles. The van der Waals surface area contributed by atoms with Crippen molar-refractivity contribution in [1.82, 2.24) is 0 Å². The van der Waals surface area contributed by atoms with Crippen molar-refractivity contribution in [3.8, 4) is 0 Å². The van der Waals surface area contributed by atoms with Gasteiger partial charge in [-0.15, -0.1) is 0 Å². The molecule has 2 aromatic rings. The van der Waals surface area contributed by atoms with Crippen LogP contribution in [0.5, 0.6) is 0 Å². The van der Waals surface area contributed by atoms with Crippen LogP contribution in [0.25, 0.3) is 22.9 Å². The summed E-state index contributed by atoms with van der Waals surface area (Å²) >= 11 is 0. The molecule has 12 heavy (non-hydrogen) atoms. The van der Waals surface area contributed by atoms with Gasteiger partial charge in [-0.2, -0.15) is 0 Å². The van der Waals surface area contributed by atoms with Crippen molar-refractivity contribution < 1.29 is 0 Å². The van der Waals surface area contributed by atoms with E-state index < -0.39 is 0 Å². The van der Waals surface area contributed by atoms with E-state index in [0.717, 1.165) is 0 Å². The van der Waals surface area contributed by atoms with Crippen LogP contribution < -0.4 is 0 Å². The first-order valence-corrected chi connectivity index (χ1v) is 4.14. The minimum atomic E-state index is 1.32. The molecule has 0 aliphatic heterocycles. The molecule has 0 heterocycles. The molecule has 2 bridgehead atoms. The van der Waals surface area contributed by atoms with Crippen molar-refractivity contribution in [2.45, 2.75) is 0 Å². The zero-order valence-corrected chi connectivity index (χ0v) is 6.62. The summed E-state index contributed by atoms with van der Waals surface area (Å²) in [7, 11) is 0. The largest absolute Gasteiger partial charge is 0.0616 e. The minimum Gasteiger partial charge on any atom is -0.0616 e. The number of rotatable bonds is 0. The summed E-state index contributed by atoms with van der Waals surface area (Å²) in [6.45, 7) is 0. The highest BCUT2D eigenvalue weighted by Crippen LogP contribution is 2.27. The van der Waals surface area contributed by atoms with Gasteiger partial charge < -0.3 is 0 Å². The second-order valence-electron chi connectivity index (χ2n) is 3.16. The molecule has 0 saturated heterocycles. The first-order chi connectivity index (χ1) is 5.93. The number of hydrogen-bond donors (Lipinski definition) is 0. The molecular formula is C12H8. The first kappa shape index (κ1) is 6.01. The first-order valence-electron chi connectivity index (χ1n) is 4.14. The molecule has 1 aliphatic rings. The van der Waals surface area contributed by atoms with Crippen molar-refractivity contribution in [1.29, 1.82) is 0 Å². The Morgan fingerprint density at radius 1 is 0.833 bits per heavy atom. The van der Waals surface area contributed by atoms with Crippen LogP contribution in [0.2, 0.25) is 0 Å². The Kier molecular flexibility index (Phi) is 0.991. The number of benzene rings is 2. The van der Waals surface area contributed by atoms with E-state index in [1.807, 2.05) is 0 Å². The van der Waals surface area contributed by atoms with E-state index in [1.165, 1.54) is 21.9 Å². The fraction of sp³-hybridized carbons (Fsp3) is 0. The van der Waals surface area contributed by atoms with Gasteiger partial charge in [-0.25, -0.2) is 0 Å². The van der Waals surface area contributed by atoms with Crippen molar-refractivity contribution >= 4 is 22.9 Å². The Hall–Kier alpha value is -1.56. The predicted octanol–water partition coefficient (Wildman–Crippen LogP) is 3.32. The Morgan fingerprint density at radius 3 is 2.75 bits per heavy atom. The molecule has 0 spiro atoms. The molecule has 3 rings (SSSR count). The summed E-state index contributed by atoms with van der Waals surface area (Å²) in [5.74, 6) is 0. The Balaban J connectivity index is 2.58. The van der Waals surface area contributed by atoms with Gasteiger partial charge in [0.05, 0.1) is 0 Å². The average molecular weight is 152 g/mol. The van der Waals surface area contributed by atoms with E-state index in [0.29, 0.717) is 0 Å². The van der Waals surface area contributed by atoms with E-state index in [-0.39, 0.29) is 0 Å². The molecular weight excluding hydrogens is 144 g/mol. The zero-order valence-electron chi connectivity index (χ0n) is 6.62. The normalized spacial score (nSPS) is 12.7. The van der Waals surface area contributed by atoms with Crippen LogP contribution in [0.15, 0.2) is 36.4 Å². The van der Waals surface area contributed by atoms with Gasteiger partial charge >= 0.3 is 0 Å². The summed E-state index contributed by atoms with van der Waals surface area (Å²) in [4.78, 5) is 0. The minimum absolute atomic E-state index is 1.32. The summed E-state index contributed by atoms with van der Waals surface area (Å²) < 4.78 is 0. The molecule has 0 atom stereocenters. The monoisotopic (exact) mass is 152 g/mol. The van der Waals surface area contributed by atoms with Gasteiger partial charge in [0, 0.05) is 0 Å². The van der Waals surface area contributed by atoms with Crippen LogP contribution in [-0.4, -0.2) is 0 Å². The molecule has 0 aromatic heterocycles. The standard InChI is InChI=1S/C12H8/c1-2-4-12-10(3-1)7-9-5-6-11(12)8-9/h1-8H. The van der Waals surface area contributed by atoms with Crippen LogP contribution in [0.1, 0.15) is 11.1 Å². The molecule has 0 unspecified atom stereocenters. The van der Waals surface area contributed by atoms with E-state index >= 15 is 0 Å². The predicted molar refractivity (Wildman–Crippen MR) is 52.9 cm³/mol. The lowest BCUT2D eigenvalue weighted by Gasteiger charge is -1.98. The summed E-state index contributed by atoms with van der Waals surface area (Å²) in [6.07, 6.45) is 4.34. The molecule has 0 amide bonds. The molecule has 0 N–H and O–H groups in total. The van der Waals surface area contributed by atoms with E-state index in [4.69, 9.17) is 0 Å². The maximum Gasteiger partial charge on any atom is -0.0111 e. The number of fused-ring (bicyclic) bond motifs is 4. The molecule has 1 aliphatic carbocycles. The Bertz CT molecular complexity index is 478. The Morgan fingerprint density at radius 2 is 1.75 bits per heavy atom. The van der Waals surface area contributed by atoms with Gasteiger partial charge in [-0.3, -0.25) is 0 Å². The molecule has 0 nitrogen and oxygen atoms in total. The third kappa shape index (κ3) is 0.668. The Labute approximate surface area is 71.1 Å². The fourth-order valence-corrected chi connectivity index (χ4v) is 1.78. The van der Waals surface area contributed by atoms with Gasteiger partial charge in [0.15, 0.2) is 0 Å². The third-order valence-electron chi connectivity index (χ3n) is 2.37. The SMILES string of the molecule is C1=Cc2cc1cc1ccccc21. The summed E-state index contributed by atoms with van der Waals surface area (Å²) in [6, 6.07) is 13.0. The third-order valence-corrected chi connectivity index (χ3v) is 2.37. The van der Waals surface area contributed by atoms with Gasteiger partial charge in [-0.1, -0.05) is 36.4 Å². The second-order valence-corrected chi connectivity index (χ2v) is 3.16. The smallest absolute Gasteiger partial charge is 0.0111 e. The molecule has 0 fully saturated rings. The molecule has 2 aromatic carbocycles. The van der Waals surface area contributed by atoms with Gasteiger partial charge in [-0.05, 0) is 34.0 Å². The van der Waals surface area contributed by atoms with Crippen LogP contribution in [0.3, 0.4) is 0 Å². The van der Waals surface area contributed by atoms with Gasteiger partial charge in [0.2, 0.25) is 0 Å². The van der Waals surface area contributed by atoms with Crippen LogP contribution in [0.4, 0.5) is 0 Å². The highest BCUT2D eigenvalue weighted by molar-refractivity contribution is 5.98. The maximum atomic E-state index is 2.22. The van der Waals surface area contributed by atoms with Crippen molar-refractivity contribution in [2.75, 3.05) is 0 Å². The average Bonchev–Trinajstić information content (AvgIpc) is 2.49. The lowest BCUT2D eigenvalue weighted by molar-refractivity contribution is 1.72. The second kappa shape index (κ2) is 1.98. The highest BCUT2D eigenvalue weighted by Gasteiger charge is 2.04. The van der Waals surface area contributed by atoms with Crippen molar-refractivity contribution in [3.63, 3.8) is 0 Å². The molecule has 0 radical (unpaired) electrons.